The third-order valence-corrected chi connectivity index (χ3v) is 7.36. The van der Waals surface area contributed by atoms with Crippen molar-refractivity contribution in [1.82, 2.24) is 0 Å². The Morgan fingerprint density at radius 3 is 2.60 bits per heavy atom. The van der Waals surface area contributed by atoms with E-state index in [9.17, 15) is 15.0 Å². The zero-order valence-electron chi connectivity index (χ0n) is 11.1. The van der Waals surface area contributed by atoms with E-state index in [0.717, 1.165) is 17.1 Å². The molecule has 0 saturated carbocycles. The number of methoxy groups -OCH3 is 1. The summed E-state index contributed by atoms with van der Waals surface area (Å²) in [5.41, 5.74) is 1.48. The lowest BCUT2D eigenvalue weighted by molar-refractivity contribution is -0.145. The van der Waals surface area contributed by atoms with E-state index < -0.39 is 0 Å². The zero-order chi connectivity index (χ0) is 14.3. The number of esters is 1. The highest BCUT2D eigenvalue weighted by Crippen LogP contribution is 2.62. The summed E-state index contributed by atoms with van der Waals surface area (Å²) in [4.78, 5) is 11.9. The summed E-state index contributed by atoms with van der Waals surface area (Å²) in [6, 6.07) is 3.03. The Hall–Kier alpha value is -1.01. The quantitative estimate of drug-likeness (QED) is 0.613. The van der Waals surface area contributed by atoms with Gasteiger partial charge in [0.25, 0.3) is 0 Å². The molecule has 0 bridgehead atoms. The van der Waals surface area contributed by atoms with Crippen LogP contribution in [0.3, 0.4) is 0 Å². The Bertz CT molecular complexity index is 552. The number of hydrogen-bond acceptors (Lipinski definition) is 6. The van der Waals surface area contributed by atoms with Gasteiger partial charge in [0, 0.05) is 22.6 Å². The van der Waals surface area contributed by atoms with E-state index in [1.54, 1.807) is 23.5 Å². The van der Waals surface area contributed by atoms with Crippen molar-refractivity contribution in [2.45, 2.75) is 16.9 Å². The van der Waals surface area contributed by atoms with Crippen LogP contribution < -0.4 is 0 Å². The van der Waals surface area contributed by atoms with Gasteiger partial charge >= 0.3 is 5.97 Å². The lowest BCUT2D eigenvalue weighted by atomic mass is 9.82. The standard InChI is InChI=1S/C14H16O4S2/c1-18-13(17)8-6-9-10(15)2-3-11(16)12(9)14(7-8)19-4-5-20-14/h2-3,8,15-16H,4-7H2,1H3. The van der Waals surface area contributed by atoms with Crippen LogP contribution in [0, 0.1) is 5.92 Å². The van der Waals surface area contributed by atoms with Gasteiger partial charge in [-0.05, 0) is 25.0 Å². The average Bonchev–Trinajstić information content (AvgIpc) is 2.90. The monoisotopic (exact) mass is 312 g/mol. The number of fused-ring (bicyclic) bond motifs is 2. The lowest BCUT2D eigenvalue weighted by Gasteiger charge is -2.38. The van der Waals surface area contributed by atoms with Gasteiger partial charge in [-0.25, -0.2) is 0 Å². The highest BCUT2D eigenvalue weighted by Gasteiger charge is 2.48. The molecule has 0 aromatic heterocycles. The van der Waals surface area contributed by atoms with E-state index in [1.165, 1.54) is 19.2 Å². The number of hydrogen-bond donors (Lipinski definition) is 2. The first-order chi connectivity index (χ1) is 9.57. The Morgan fingerprint density at radius 2 is 1.95 bits per heavy atom. The van der Waals surface area contributed by atoms with Crippen LogP contribution in [0.2, 0.25) is 0 Å². The molecule has 3 rings (SSSR count). The summed E-state index contributed by atoms with van der Waals surface area (Å²) in [7, 11) is 1.39. The highest BCUT2D eigenvalue weighted by molar-refractivity contribution is 8.20. The smallest absolute Gasteiger partial charge is 0.309 e. The maximum absolute atomic E-state index is 11.9. The summed E-state index contributed by atoms with van der Waals surface area (Å²) < 4.78 is 4.54. The van der Waals surface area contributed by atoms with Gasteiger partial charge in [-0.15, -0.1) is 23.5 Å². The van der Waals surface area contributed by atoms with Gasteiger partial charge in [-0.2, -0.15) is 0 Å². The van der Waals surface area contributed by atoms with Crippen molar-refractivity contribution < 1.29 is 19.7 Å². The van der Waals surface area contributed by atoms with Gasteiger partial charge in [-0.3, -0.25) is 4.79 Å². The van der Waals surface area contributed by atoms with Crippen molar-refractivity contribution in [3.63, 3.8) is 0 Å². The second-order valence-corrected chi connectivity index (χ2v) is 8.08. The van der Waals surface area contributed by atoms with E-state index in [4.69, 9.17) is 4.74 Å². The fourth-order valence-corrected chi connectivity index (χ4v) is 6.59. The predicted molar refractivity (Wildman–Crippen MR) is 80.2 cm³/mol. The molecule has 1 saturated heterocycles. The number of phenolic OH excluding ortho intramolecular Hbond substituents is 2. The fourth-order valence-electron chi connectivity index (χ4n) is 3.05. The molecular formula is C14H16O4S2. The number of aromatic hydroxyl groups is 2. The first kappa shape index (κ1) is 13.9. The summed E-state index contributed by atoms with van der Waals surface area (Å²) in [5, 5.41) is 20.3. The van der Waals surface area contributed by atoms with Gasteiger partial charge in [0.1, 0.15) is 11.5 Å². The van der Waals surface area contributed by atoms with Gasteiger partial charge in [0.15, 0.2) is 0 Å². The van der Waals surface area contributed by atoms with Gasteiger partial charge in [-0.1, -0.05) is 0 Å². The molecule has 6 heteroatoms. The number of benzene rings is 1. The molecule has 2 aliphatic rings. The van der Waals surface area contributed by atoms with Crippen LogP contribution in [0.25, 0.3) is 0 Å². The molecule has 0 amide bonds. The Morgan fingerprint density at radius 1 is 1.30 bits per heavy atom. The van der Waals surface area contributed by atoms with Crippen molar-refractivity contribution in [1.29, 1.82) is 0 Å². The molecule has 0 radical (unpaired) electrons. The van der Waals surface area contributed by atoms with Crippen LogP contribution >= 0.6 is 23.5 Å². The number of carbonyl (C=O) groups is 1. The minimum Gasteiger partial charge on any atom is -0.508 e. The molecular weight excluding hydrogens is 296 g/mol. The van der Waals surface area contributed by atoms with Gasteiger partial charge in [0.2, 0.25) is 0 Å². The number of ether oxygens (including phenoxy) is 1. The Labute approximate surface area is 125 Å². The predicted octanol–water partition coefficient (Wildman–Crippen LogP) is 2.47. The first-order valence-corrected chi connectivity index (χ1v) is 8.44. The van der Waals surface area contributed by atoms with E-state index in [0.29, 0.717) is 18.4 Å². The zero-order valence-corrected chi connectivity index (χ0v) is 12.7. The van der Waals surface area contributed by atoms with Crippen molar-refractivity contribution in [3.05, 3.63) is 23.3 Å². The average molecular weight is 312 g/mol. The topological polar surface area (TPSA) is 66.8 Å². The minimum atomic E-state index is -0.338. The summed E-state index contributed by atoms with van der Waals surface area (Å²) in [6.07, 6.45) is 1.06. The van der Waals surface area contributed by atoms with Crippen molar-refractivity contribution >= 4 is 29.5 Å². The molecule has 1 aromatic rings. The summed E-state index contributed by atoms with van der Waals surface area (Å²) in [5.74, 6) is 1.81. The molecule has 1 aromatic carbocycles. The first-order valence-electron chi connectivity index (χ1n) is 6.47. The molecule has 1 fully saturated rings. The fraction of sp³-hybridized carbons (Fsp3) is 0.500. The van der Waals surface area contributed by atoms with E-state index in [1.807, 2.05) is 0 Å². The summed E-state index contributed by atoms with van der Waals surface area (Å²) >= 11 is 3.49. The number of phenols is 2. The molecule has 1 spiro atoms. The third-order valence-electron chi connectivity index (χ3n) is 3.90. The van der Waals surface area contributed by atoms with Crippen LogP contribution in [-0.2, 0) is 20.0 Å². The minimum absolute atomic E-state index is 0.152. The van der Waals surface area contributed by atoms with Crippen LogP contribution in [-0.4, -0.2) is 34.8 Å². The van der Waals surface area contributed by atoms with Crippen LogP contribution in [0.15, 0.2) is 12.1 Å². The largest absolute Gasteiger partial charge is 0.508 e. The number of thioether (sulfide) groups is 2. The molecule has 2 N–H and O–H groups in total. The van der Waals surface area contributed by atoms with Crippen LogP contribution in [0.5, 0.6) is 11.5 Å². The number of carbonyl (C=O) groups excluding carboxylic acids is 1. The van der Waals surface area contributed by atoms with Crippen molar-refractivity contribution in [2.75, 3.05) is 18.6 Å². The van der Waals surface area contributed by atoms with E-state index in [2.05, 4.69) is 0 Å². The van der Waals surface area contributed by atoms with Crippen LogP contribution in [0.1, 0.15) is 17.5 Å². The molecule has 108 valence electrons. The Balaban J connectivity index is 2.13. The lowest BCUT2D eigenvalue weighted by Crippen LogP contribution is -2.33. The SMILES string of the molecule is COC(=O)C1Cc2c(O)ccc(O)c2C2(C1)SCCS2. The molecule has 1 heterocycles. The van der Waals surface area contributed by atoms with Gasteiger partial charge < -0.3 is 14.9 Å². The summed E-state index contributed by atoms with van der Waals surface area (Å²) in [6.45, 7) is 0. The third kappa shape index (κ3) is 2.05. The maximum Gasteiger partial charge on any atom is 0.309 e. The normalized spacial score (nSPS) is 23.6. The molecule has 1 aliphatic heterocycles. The molecule has 4 nitrogen and oxygen atoms in total. The van der Waals surface area contributed by atoms with Crippen molar-refractivity contribution in [3.8, 4) is 11.5 Å². The number of rotatable bonds is 1. The second-order valence-electron chi connectivity index (χ2n) is 5.04. The van der Waals surface area contributed by atoms with Crippen LogP contribution in [0.4, 0.5) is 0 Å². The van der Waals surface area contributed by atoms with E-state index >= 15 is 0 Å². The Kier molecular flexibility index (Phi) is 3.54. The van der Waals surface area contributed by atoms with E-state index in [-0.39, 0.29) is 27.5 Å². The molecule has 1 aliphatic carbocycles. The maximum atomic E-state index is 11.9. The molecule has 1 unspecified atom stereocenters. The highest BCUT2D eigenvalue weighted by atomic mass is 32.2. The van der Waals surface area contributed by atoms with Crippen molar-refractivity contribution in [2.24, 2.45) is 5.92 Å². The van der Waals surface area contributed by atoms with Gasteiger partial charge in [0.05, 0.1) is 17.1 Å². The molecule has 20 heavy (non-hydrogen) atoms. The second kappa shape index (κ2) is 5.07. The molecule has 1 atom stereocenters.